The van der Waals surface area contributed by atoms with Gasteiger partial charge in [0.2, 0.25) is 0 Å². The molecular weight excluding hydrogens is 220 g/mol. The fourth-order valence-corrected chi connectivity index (χ4v) is 2.05. The SMILES string of the molecule is CC(C)NC(CN1CCOCC1(C)C)C(=O)O. The van der Waals surface area contributed by atoms with Crippen molar-refractivity contribution < 1.29 is 14.6 Å². The van der Waals surface area contributed by atoms with Gasteiger partial charge >= 0.3 is 5.97 Å². The smallest absolute Gasteiger partial charge is 0.322 e. The molecule has 0 radical (unpaired) electrons. The number of nitrogens with one attached hydrogen (secondary N) is 1. The van der Waals surface area contributed by atoms with Crippen molar-refractivity contribution in [3.63, 3.8) is 0 Å². The molecule has 1 saturated heterocycles. The first-order valence-electron chi connectivity index (χ1n) is 6.14. The second kappa shape index (κ2) is 5.80. The highest BCUT2D eigenvalue weighted by Gasteiger charge is 2.33. The van der Waals surface area contributed by atoms with E-state index in [9.17, 15) is 9.90 Å². The van der Waals surface area contributed by atoms with Crippen molar-refractivity contribution in [1.82, 2.24) is 10.2 Å². The average molecular weight is 244 g/mol. The van der Waals surface area contributed by atoms with Crippen LogP contribution < -0.4 is 5.32 Å². The van der Waals surface area contributed by atoms with Gasteiger partial charge in [-0.05, 0) is 13.8 Å². The molecule has 5 heteroatoms. The van der Waals surface area contributed by atoms with Crippen LogP contribution in [0.2, 0.25) is 0 Å². The molecule has 5 nitrogen and oxygen atoms in total. The zero-order chi connectivity index (χ0) is 13.1. The lowest BCUT2D eigenvalue weighted by atomic mass is 10.0. The summed E-state index contributed by atoms with van der Waals surface area (Å²) in [5, 5.41) is 12.3. The van der Waals surface area contributed by atoms with E-state index in [4.69, 9.17) is 4.74 Å². The van der Waals surface area contributed by atoms with Crippen molar-refractivity contribution >= 4 is 5.97 Å². The van der Waals surface area contributed by atoms with Crippen LogP contribution in [0.1, 0.15) is 27.7 Å². The maximum atomic E-state index is 11.2. The van der Waals surface area contributed by atoms with Gasteiger partial charge in [0.05, 0.1) is 13.2 Å². The molecule has 0 spiro atoms. The summed E-state index contributed by atoms with van der Waals surface area (Å²) in [5.41, 5.74) is -0.0926. The largest absolute Gasteiger partial charge is 0.480 e. The first kappa shape index (κ1) is 14.4. The molecule has 0 aromatic rings. The minimum absolute atomic E-state index is 0.0926. The fourth-order valence-electron chi connectivity index (χ4n) is 2.05. The predicted molar refractivity (Wildman–Crippen MR) is 66.2 cm³/mol. The van der Waals surface area contributed by atoms with Crippen LogP contribution in [0.4, 0.5) is 0 Å². The summed E-state index contributed by atoms with van der Waals surface area (Å²) in [6.45, 7) is 10.7. The van der Waals surface area contributed by atoms with E-state index >= 15 is 0 Å². The van der Waals surface area contributed by atoms with Crippen LogP contribution in [0, 0.1) is 0 Å². The number of nitrogens with zero attached hydrogens (tertiary/aromatic N) is 1. The molecule has 100 valence electrons. The Morgan fingerprint density at radius 2 is 2.18 bits per heavy atom. The highest BCUT2D eigenvalue weighted by atomic mass is 16.5. The van der Waals surface area contributed by atoms with E-state index in [0.717, 1.165) is 6.54 Å². The molecule has 2 N–H and O–H groups in total. The van der Waals surface area contributed by atoms with Crippen LogP contribution in [-0.2, 0) is 9.53 Å². The number of carboxylic acid groups (broad SMARTS) is 1. The third-order valence-electron chi connectivity index (χ3n) is 3.05. The number of hydrogen-bond acceptors (Lipinski definition) is 4. The maximum absolute atomic E-state index is 11.2. The molecule has 1 unspecified atom stereocenters. The third kappa shape index (κ3) is 4.26. The van der Waals surface area contributed by atoms with E-state index in [1.807, 2.05) is 13.8 Å². The molecule has 1 aliphatic rings. The number of hydrogen-bond donors (Lipinski definition) is 2. The van der Waals surface area contributed by atoms with Gasteiger partial charge in [0.1, 0.15) is 6.04 Å². The van der Waals surface area contributed by atoms with Gasteiger partial charge in [0, 0.05) is 24.7 Å². The molecule has 0 saturated carbocycles. The summed E-state index contributed by atoms with van der Waals surface area (Å²) in [5.74, 6) is -0.791. The molecule has 0 aromatic heterocycles. The van der Waals surface area contributed by atoms with Crippen molar-refractivity contribution in [3.8, 4) is 0 Å². The summed E-state index contributed by atoms with van der Waals surface area (Å²) in [6.07, 6.45) is 0. The van der Waals surface area contributed by atoms with E-state index in [-0.39, 0.29) is 11.6 Å². The average Bonchev–Trinajstić information content (AvgIpc) is 2.18. The van der Waals surface area contributed by atoms with Gasteiger partial charge < -0.3 is 15.2 Å². The van der Waals surface area contributed by atoms with E-state index in [1.54, 1.807) is 0 Å². The van der Waals surface area contributed by atoms with Crippen molar-refractivity contribution in [1.29, 1.82) is 0 Å². The Morgan fingerprint density at radius 1 is 1.53 bits per heavy atom. The molecule has 1 fully saturated rings. The van der Waals surface area contributed by atoms with Gasteiger partial charge in [-0.25, -0.2) is 0 Å². The van der Waals surface area contributed by atoms with Crippen LogP contribution in [0.3, 0.4) is 0 Å². The Balaban J connectivity index is 2.62. The molecular formula is C12H24N2O3. The monoisotopic (exact) mass is 244 g/mol. The van der Waals surface area contributed by atoms with Gasteiger partial charge in [-0.2, -0.15) is 0 Å². The van der Waals surface area contributed by atoms with Crippen molar-refractivity contribution in [3.05, 3.63) is 0 Å². The minimum Gasteiger partial charge on any atom is -0.480 e. The number of carboxylic acids is 1. The molecule has 0 amide bonds. The van der Waals surface area contributed by atoms with Crippen LogP contribution >= 0.6 is 0 Å². The summed E-state index contributed by atoms with van der Waals surface area (Å²) < 4.78 is 5.43. The summed E-state index contributed by atoms with van der Waals surface area (Å²) in [7, 11) is 0. The number of aliphatic carboxylic acids is 1. The van der Waals surface area contributed by atoms with Gasteiger partial charge in [-0.3, -0.25) is 9.69 Å². The van der Waals surface area contributed by atoms with Crippen molar-refractivity contribution in [2.45, 2.75) is 45.3 Å². The lowest BCUT2D eigenvalue weighted by Gasteiger charge is -2.43. The standard InChI is InChI=1S/C12H24N2O3/c1-9(2)13-10(11(15)16)7-14-5-6-17-8-12(14,3)4/h9-10,13H,5-8H2,1-4H3,(H,15,16). The van der Waals surface area contributed by atoms with Crippen LogP contribution in [0.15, 0.2) is 0 Å². The fraction of sp³-hybridized carbons (Fsp3) is 0.917. The second-order valence-electron chi connectivity index (χ2n) is 5.52. The normalized spacial score (nSPS) is 22.6. The van der Waals surface area contributed by atoms with Gasteiger partial charge in [-0.1, -0.05) is 13.8 Å². The Kier molecular flexibility index (Phi) is 4.91. The lowest BCUT2D eigenvalue weighted by Crippen LogP contribution is -2.58. The molecule has 0 aliphatic carbocycles. The van der Waals surface area contributed by atoms with Crippen molar-refractivity contribution in [2.24, 2.45) is 0 Å². The van der Waals surface area contributed by atoms with Crippen LogP contribution in [0.5, 0.6) is 0 Å². The summed E-state index contributed by atoms with van der Waals surface area (Å²) in [4.78, 5) is 13.4. The second-order valence-corrected chi connectivity index (χ2v) is 5.52. The third-order valence-corrected chi connectivity index (χ3v) is 3.05. The zero-order valence-electron chi connectivity index (χ0n) is 11.2. The number of ether oxygens (including phenoxy) is 1. The maximum Gasteiger partial charge on any atom is 0.322 e. The Labute approximate surface area is 103 Å². The Hall–Kier alpha value is -0.650. The molecule has 1 atom stereocenters. The molecule has 1 rings (SSSR count). The van der Waals surface area contributed by atoms with E-state index in [2.05, 4.69) is 24.1 Å². The van der Waals surface area contributed by atoms with Crippen LogP contribution in [0.25, 0.3) is 0 Å². The molecule has 0 bridgehead atoms. The predicted octanol–water partition coefficient (Wildman–Crippen LogP) is 0.548. The lowest BCUT2D eigenvalue weighted by molar-refractivity contribution is -0.141. The van der Waals surface area contributed by atoms with Gasteiger partial charge in [0.25, 0.3) is 0 Å². The summed E-state index contributed by atoms with van der Waals surface area (Å²) >= 11 is 0. The summed E-state index contributed by atoms with van der Waals surface area (Å²) in [6, 6.07) is -0.354. The number of carbonyl (C=O) groups is 1. The first-order chi connectivity index (χ1) is 7.83. The minimum atomic E-state index is -0.791. The zero-order valence-corrected chi connectivity index (χ0v) is 11.2. The molecule has 17 heavy (non-hydrogen) atoms. The van der Waals surface area contributed by atoms with E-state index in [1.165, 1.54) is 0 Å². The quantitative estimate of drug-likeness (QED) is 0.739. The molecule has 1 heterocycles. The van der Waals surface area contributed by atoms with Gasteiger partial charge in [0.15, 0.2) is 0 Å². The molecule has 1 aliphatic heterocycles. The van der Waals surface area contributed by atoms with Crippen molar-refractivity contribution in [2.75, 3.05) is 26.3 Å². The topological polar surface area (TPSA) is 61.8 Å². The van der Waals surface area contributed by atoms with Gasteiger partial charge in [-0.15, -0.1) is 0 Å². The molecule has 0 aromatic carbocycles. The van der Waals surface area contributed by atoms with E-state index < -0.39 is 12.0 Å². The Morgan fingerprint density at radius 3 is 2.65 bits per heavy atom. The Bertz CT molecular complexity index is 266. The number of morpholine rings is 1. The number of rotatable bonds is 5. The highest BCUT2D eigenvalue weighted by molar-refractivity contribution is 5.73. The van der Waals surface area contributed by atoms with Crippen LogP contribution in [-0.4, -0.2) is 59.9 Å². The van der Waals surface area contributed by atoms with E-state index in [0.29, 0.717) is 19.8 Å². The highest BCUT2D eigenvalue weighted by Crippen LogP contribution is 2.19. The first-order valence-corrected chi connectivity index (χ1v) is 6.14.